The fourth-order valence-electron chi connectivity index (χ4n) is 1.79. The van der Waals surface area contributed by atoms with Crippen LogP contribution in [0.25, 0.3) is 0 Å². The van der Waals surface area contributed by atoms with Crippen LogP contribution < -0.4 is 11.1 Å². The van der Waals surface area contributed by atoms with E-state index >= 15 is 0 Å². The van der Waals surface area contributed by atoms with E-state index in [1.807, 2.05) is 5.32 Å². The second kappa shape index (κ2) is 6.75. The number of guanidine groups is 1. The van der Waals surface area contributed by atoms with Crippen LogP contribution in [0.3, 0.4) is 0 Å². The Bertz CT molecular complexity index is 595. The minimum Gasteiger partial charge on any atom is -0.370 e. The van der Waals surface area contributed by atoms with Crippen molar-refractivity contribution in [2.24, 2.45) is 5.73 Å². The first kappa shape index (κ1) is 20.5. The molecule has 0 radical (unpaired) electrons. The molecule has 0 bridgehead atoms. The third-order valence-corrected chi connectivity index (χ3v) is 3.03. The molecule has 0 saturated heterocycles. The molecule has 0 fully saturated rings. The summed E-state index contributed by atoms with van der Waals surface area (Å²) in [6, 6.07) is 1.81. The molecule has 0 saturated carbocycles. The quantitative estimate of drug-likeness (QED) is 0.529. The van der Waals surface area contributed by atoms with E-state index in [1.54, 1.807) is 20.8 Å². The minimum absolute atomic E-state index is 0. The molecular formula is C13H16Cl2F3N3O. The molecule has 22 heavy (non-hydrogen) atoms. The molecule has 4 nitrogen and oxygen atoms in total. The summed E-state index contributed by atoms with van der Waals surface area (Å²) in [6.07, 6.45) is -4.63. The number of hydrogen-bond donors (Lipinski definition) is 3. The van der Waals surface area contributed by atoms with Gasteiger partial charge in [-0.15, -0.1) is 12.4 Å². The Morgan fingerprint density at radius 3 is 2.09 bits per heavy atom. The van der Waals surface area contributed by atoms with Crippen molar-refractivity contribution >= 4 is 35.9 Å². The first-order valence-corrected chi connectivity index (χ1v) is 6.28. The van der Waals surface area contributed by atoms with Crippen LogP contribution in [0.15, 0.2) is 12.1 Å². The van der Waals surface area contributed by atoms with Crippen LogP contribution in [0, 0.1) is 5.41 Å². The van der Waals surface area contributed by atoms with Crippen molar-refractivity contribution in [2.75, 3.05) is 0 Å². The van der Waals surface area contributed by atoms with E-state index in [1.165, 1.54) is 0 Å². The van der Waals surface area contributed by atoms with Crippen LogP contribution in [0.2, 0.25) is 5.02 Å². The van der Waals surface area contributed by atoms with E-state index in [2.05, 4.69) is 0 Å². The summed E-state index contributed by atoms with van der Waals surface area (Å²) in [4.78, 5) is 11.7. The first-order chi connectivity index (χ1) is 9.34. The van der Waals surface area contributed by atoms with Crippen molar-refractivity contribution in [1.29, 1.82) is 5.41 Å². The van der Waals surface area contributed by atoms with Crippen molar-refractivity contribution in [3.05, 3.63) is 33.8 Å². The maximum absolute atomic E-state index is 13.2. The second-order valence-corrected chi connectivity index (χ2v) is 5.90. The van der Waals surface area contributed by atoms with Gasteiger partial charge in [0.1, 0.15) is 0 Å². The molecule has 4 N–H and O–H groups in total. The van der Waals surface area contributed by atoms with Crippen LogP contribution in [0.1, 0.15) is 42.3 Å². The molecule has 0 aliphatic carbocycles. The van der Waals surface area contributed by atoms with Crippen molar-refractivity contribution in [2.45, 2.75) is 32.4 Å². The highest BCUT2D eigenvalue weighted by Gasteiger charge is 2.37. The van der Waals surface area contributed by atoms with Gasteiger partial charge in [-0.1, -0.05) is 32.4 Å². The van der Waals surface area contributed by atoms with Gasteiger partial charge >= 0.3 is 6.18 Å². The van der Waals surface area contributed by atoms with Gasteiger partial charge in [0.05, 0.1) is 16.1 Å². The molecule has 0 spiro atoms. The number of halogens is 5. The number of nitrogens with one attached hydrogen (secondary N) is 2. The fraction of sp³-hybridized carbons (Fsp3) is 0.385. The fourth-order valence-corrected chi connectivity index (χ4v) is 2.04. The van der Waals surface area contributed by atoms with Crippen molar-refractivity contribution in [1.82, 2.24) is 5.32 Å². The normalized spacial score (nSPS) is 11.6. The number of benzene rings is 1. The minimum atomic E-state index is -4.63. The first-order valence-electron chi connectivity index (χ1n) is 5.90. The van der Waals surface area contributed by atoms with Crippen molar-refractivity contribution < 1.29 is 18.0 Å². The molecule has 0 heterocycles. The Morgan fingerprint density at radius 1 is 1.23 bits per heavy atom. The number of rotatable bonds is 1. The number of nitrogens with two attached hydrogens (primary N) is 1. The molecule has 9 heteroatoms. The maximum Gasteiger partial charge on any atom is 0.416 e. The third kappa shape index (κ3) is 4.78. The largest absolute Gasteiger partial charge is 0.416 e. The van der Waals surface area contributed by atoms with Gasteiger partial charge < -0.3 is 5.73 Å². The summed E-state index contributed by atoms with van der Waals surface area (Å²) in [6.45, 7) is 4.84. The van der Waals surface area contributed by atoms with Gasteiger partial charge in [-0.2, -0.15) is 13.2 Å². The highest BCUT2D eigenvalue weighted by molar-refractivity contribution is 6.34. The highest BCUT2D eigenvalue weighted by atomic mass is 35.5. The van der Waals surface area contributed by atoms with Crippen LogP contribution in [-0.2, 0) is 11.6 Å². The van der Waals surface area contributed by atoms with Gasteiger partial charge in [-0.3, -0.25) is 15.5 Å². The zero-order valence-electron chi connectivity index (χ0n) is 12.1. The molecule has 0 unspecified atom stereocenters. The lowest BCUT2D eigenvalue weighted by molar-refractivity contribution is -0.138. The van der Waals surface area contributed by atoms with E-state index < -0.39 is 29.0 Å². The zero-order valence-corrected chi connectivity index (χ0v) is 13.6. The Balaban J connectivity index is 0.00000441. The average Bonchev–Trinajstić information content (AvgIpc) is 2.24. The van der Waals surface area contributed by atoms with Crippen LogP contribution in [0.4, 0.5) is 13.2 Å². The standard InChI is InChI=1S/C13H15ClF3N3O.ClH/c1-12(2,3)7-5-9(14)6(10(21)20-11(18)19)4-8(7)13(15,16)17;/h4-5H,1-3H3,(H4,18,19,20,21);1H. The summed E-state index contributed by atoms with van der Waals surface area (Å²) >= 11 is 5.90. The van der Waals surface area contributed by atoms with E-state index in [4.69, 9.17) is 22.7 Å². The molecule has 1 aromatic carbocycles. The van der Waals surface area contributed by atoms with Gasteiger partial charge in [-0.25, -0.2) is 0 Å². The Labute approximate surface area is 137 Å². The Kier molecular flexibility index (Phi) is 6.29. The van der Waals surface area contributed by atoms with E-state index in [9.17, 15) is 18.0 Å². The summed E-state index contributed by atoms with van der Waals surface area (Å²) in [5, 5.41) is 8.72. The van der Waals surface area contributed by atoms with Crippen LogP contribution in [0.5, 0.6) is 0 Å². The van der Waals surface area contributed by atoms with Crippen LogP contribution in [-0.4, -0.2) is 11.9 Å². The zero-order chi connectivity index (χ0) is 16.6. The lowest BCUT2D eigenvalue weighted by atomic mass is 9.82. The van der Waals surface area contributed by atoms with Gasteiger partial charge in [0.15, 0.2) is 5.96 Å². The molecule has 1 rings (SSSR count). The van der Waals surface area contributed by atoms with Gasteiger partial charge in [0.25, 0.3) is 5.91 Å². The highest BCUT2D eigenvalue weighted by Crippen LogP contribution is 2.40. The predicted octanol–water partition coefficient (Wildman–Crippen LogP) is 3.70. The van der Waals surface area contributed by atoms with Gasteiger partial charge in [-0.05, 0) is 23.1 Å². The number of carbonyl (C=O) groups is 1. The number of alkyl halides is 3. The van der Waals surface area contributed by atoms with E-state index in [0.717, 1.165) is 6.07 Å². The Morgan fingerprint density at radius 2 is 1.73 bits per heavy atom. The SMILES string of the molecule is CC(C)(C)c1cc(Cl)c(C(=O)NC(=N)N)cc1C(F)(F)F.Cl. The molecule has 0 aliphatic heterocycles. The molecular weight excluding hydrogens is 342 g/mol. The molecule has 0 atom stereocenters. The monoisotopic (exact) mass is 357 g/mol. The summed E-state index contributed by atoms with van der Waals surface area (Å²) < 4.78 is 39.5. The molecule has 1 amide bonds. The number of hydrogen-bond acceptors (Lipinski definition) is 2. The van der Waals surface area contributed by atoms with E-state index in [-0.39, 0.29) is 28.6 Å². The topological polar surface area (TPSA) is 79.0 Å². The maximum atomic E-state index is 13.2. The third-order valence-electron chi connectivity index (χ3n) is 2.71. The number of amides is 1. The smallest absolute Gasteiger partial charge is 0.370 e. The molecule has 0 aromatic heterocycles. The second-order valence-electron chi connectivity index (χ2n) is 5.49. The Hall–Kier alpha value is -1.47. The lowest BCUT2D eigenvalue weighted by Gasteiger charge is -2.25. The van der Waals surface area contributed by atoms with E-state index in [0.29, 0.717) is 6.07 Å². The van der Waals surface area contributed by atoms with Gasteiger partial charge in [0, 0.05) is 0 Å². The summed E-state index contributed by atoms with van der Waals surface area (Å²) in [5.41, 5.74) is 2.85. The summed E-state index contributed by atoms with van der Waals surface area (Å²) in [7, 11) is 0. The predicted molar refractivity (Wildman–Crippen MR) is 81.8 cm³/mol. The van der Waals surface area contributed by atoms with Crippen LogP contribution >= 0.6 is 24.0 Å². The average molecular weight is 358 g/mol. The van der Waals surface area contributed by atoms with Crippen molar-refractivity contribution in [3.63, 3.8) is 0 Å². The lowest BCUT2D eigenvalue weighted by Crippen LogP contribution is -2.36. The van der Waals surface area contributed by atoms with Crippen molar-refractivity contribution in [3.8, 4) is 0 Å². The molecule has 1 aromatic rings. The van der Waals surface area contributed by atoms with Gasteiger partial charge in [0.2, 0.25) is 0 Å². The summed E-state index contributed by atoms with van der Waals surface area (Å²) in [5.74, 6) is -1.64. The molecule has 0 aliphatic rings. The molecule has 124 valence electrons. The number of carbonyl (C=O) groups excluding carboxylic acids is 1.